The first-order chi connectivity index (χ1) is 14.7. The number of rotatable bonds is 9. The van der Waals surface area contributed by atoms with E-state index in [4.69, 9.17) is 9.57 Å². The molecule has 0 radical (unpaired) electrons. The molecule has 172 valence electrons. The van der Waals surface area contributed by atoms with E-state index in [2.05, 4.69) is 5.32 Å². The van der Waals surface area contributed by atoms with Crippen molar-refractivity contribution in [2.24, 2.45) is 5.41 Å². The molecule has 1 heterocycles. The summed E-state index contributed by atoms with van der Waals surface area (Å²) >= 11 is 0. The first kappa shape index (κ1) is 24.4. The highest BCUT2D eigenvalue weighted by molar-refractivity contribution is 6.01. The van der Waals surface area contributed by atoms with Gasteiger partial charge < -0.3 is 20.0 Å². The van der Waals surface area contributed by atoms with E-state index >= 15 is 0 Å². The molecule has 2 unspecified atom stereocenters. The molecule has 2 aliphatic rings. The number of carbonyl (C=O) groups is 5. The normalized spacial score (nSPS) is 24.8. The summed E-state index contributed by atoms with van der Waals surface area (Å²) in [4.78, 5) is 62.7. The van der Waals surface area contributed by atoms with E-state index in [0.29, 0.717) is 56.6 Å². The lowest BCUT2D eigenvalue weighted by Gasteiger charge is -2.27. The van der Waals surface area contributed by atoms with Crippen LogP contribution in [0.4, 0.5) is 4.79 Å². The molecular formula is C21H30N2O8. The van der Waals surface area contributed by atoms with Crippen molar-refractivity contribution < 1.29 is 38.7 Å². The Balaban J connectivity index is 1.58. The van der Waals surface area contributed by atoms with Crippen LogP contribution in [-0.4, -0.2) is 52.7 Å². The van der Waals surface area contributed by atoms with Gasteiger partial charge >= 0.3 is 18.0 Å². The predicted octanol–water partition coefficient (Wildman–Crippen LogP) is 2.47. The van der Waals surface area contributed by atoms with Crippen molar-refractivity contribution in [2.45, 2.75) is 77.2 Å². The number of nitrogens with one attached hydrogen (secondary N) is 1. The van der Waals surface area contributed by atoms with E-state index in [1.807, 2.05) is 6.08 Å². The number of carboxylic acid groups (broad SMARTS) is 1. The number of carbonyl (C=O) groups excluding carboxylic acids is 4. The number of aliphatic carboxylic acids is 1. The fraction of sp³-hybridized carbons (Fsp3) is 0.667. The van der Waals surface area contributed by atoms with E-state index in [1.54, 1.807) is 13.0 Å². The summed E-state index contributed by atoms with van der Waals surface area (Å²) in [6.45, 7) is 2.07. The van der Waals surface area contributed by atoms with Crippen LogP contribution >= 0.6 is 0 Å². The number of hydrogen-bond acceptors (Lipinski definition) is 7. The molecule has 0 saturated carbocycles. The van der Waals surface area contributed by atoms with Crippen LogP contribution in [0.15, 0.2) is 12.2 Å². The maximum Gasteiger partial charge on any atom is 0.407 e. The van der Waals surface area contributed by atoms with Crippen molar-refractivity contribution in [3.63, 3.8) is 0 Å². The third-order valence-corrected chi connectivity index (χ3v) is 5.49. The minimum absolute atomic E-state index is 0.0589. The van der Waals surface area contributed by atoms with Crippen molar-refractivity contribution in [3.8, 4) is 0 Å². The molecule has 0 bridgehead atoms. The molecule has 10 nitrogen and oxygen atoms in total. The minimum Gasteiger partial charge on any atom is -0.481 e. The van der Waals surface area contributed by atoms with Gasteiger partial charge in [0.1, 0.15) is 6.10 Å². The zero-order chi connectivity index (χ0) is 22.9. The van der Waals surface area contributed by atoms with Gasteiger partial charge in [0.2, 0.25) is 0 Å². The molecule has 2 atom stereocenters. The summed E-state index contributed by atoms with van der Waals surface area (Å²) in [6.07, 6.45) is 6.56. The third-order valence-electron chi connectivity index (χ3n) is 5.49. The lowest BCUT2D eigenvalue weighted by atomic mass is 9.79. The molecule has 1 aliphatic heterocycles. The monoisotopic (exact) mass is 438 g/mol. The zero-order valence-corrected chi connectivity index (χ0v) is 17.8. The largest absolute Gasteiger partial charge is 0.481 e. The van der Waals surface area contributed by atoms with E-state index in [0.717, 1.165) is 0 Å². The Kier molecular flexibility index (Phi) is 9.02. The number of imide groups is 1. The first-order valence-corrected chi connectivity index (χ1v) is 10.6. The highest BCUT2D eigenvalue weighted by atomic mass is 16.7. The molecule has 2 N–H and O–H groups in total. The van der Waals surface area contributed by atoms with Crippen molar-refractivity contribution >= 4 is 29.8 Å². The number of ether oxygens (including phenoxy) is 1. The Bertz CT molecular complexity index is 719. The first-order valence-electron chi connectivity index (χ1n) is 10.6. The average molecular weight is 438 g/mol. The van der Waals surface area contributed by atoms with Crippen LogP contribution in [-0.2, 0) is 28.8 Å². The number of alkyl carbamates (subject to hydrolysis) is 1. The average Bonchev–Trinajstić information content (AvgIpc) is 3.02. The fourth-order valence-corrected chi connectivity index (χ4v) is 3.39. The summed E-state index contributed by atoms with van der Waals surface area (Å²) in [5.41, 5.74) is -0.820. The Morgan fingerprint density at radius 1 is 1.16 bits per heavy atom. The van der Waals surface area contributed by atoms with E-state index in [1.165, 1.54) is 0 Å². The Morgan fingerprint density at radius 3 is 2.55 bits per heavy atom. The van der Waals surface area contributed by atoms with Gasteiger partial charge in [-0.1, -0.05) is 12.5 Å². The lowest BCUT2D eigenvalue weighted by molar-refractivity contribution is -0.197. The fourth-order valence-electron chi connectivity index (χ4n) is 3.39. The minimum atomic E-state index is -0.839. The van der Waals surface area contributed by atoms with Gasteiger partial charge in [-0.3, -0.25) is 14.4 Å². The van der Waals surface area contributed by atoms with Crippen LogP contribution in [0.1, 0.15) is 71.1 Å². The summed E-state index contributed by atoms with van der Waals surface area (Å²) < 4.78 is 5.37. The maximum atomic E-state index is 12.0. The quantitative estimate of drug-likeness (QED) is 0.318. The van der Waals surface area contributed by atoms with E-state index in [-0.39, 0.29) is 19.3 Å². The van der Waals surface area contributed by atoms with Crippen molar-refractivity contribution in [1.29, 1.82) is 0 Å². The molecule has 0 spiro atoms. The van der Waals surface area contributed by atoms with Gasteiger partial charge in [0.05, 0.1) is 5.41 Å². The number of unbranched alkanes of at least 4 members (excludes halogenated alkanes) is 2. The number of hydrogen-bond donors (Lipinski definition) is 2. The van der Waals surface area contributed by atoms with Gasteiger partial charge in [0.15, 0.2) is 0 Å². The van der Waals surface area contributed by atoms with Crippen LogP contribution < -0.4 is 5.32 Å². The molecule has 3 amide bonds. The predicted molar refractivity (Wildman–Crippen MR) is 107 cm³/mol. The van der Waals surface area contributed by atoms with Crippen molar-refractivity contribution in [1.82, 2.24) is 10.4 Å². The molecule has 1 aliphatic carbocycles. The highest BCUT2D eigenvalue weighted by Gasteiger charge is 2.34. The lowest BCUT2D eigenvalue weighted by Crippen LogP contribution is -2.33. The second kappa shape index (κ2) is 11.5. The summed E-state index contributed by atoms with van der Waals surface area (Å²) in [6, 6.07) is 0. The SMILES string of the molecule is CC1(C(=O)O)CC/C=C/C(OC(=O)NCCCCCC(=O)ON2C(=O)CCC2=O)CC1. The molecule has 1 fully saturated rings. The van der Waals surface area contributed by atoms with Crippen LogP contribution in [0.2, 0.25) is 0 Å². The summed E-state index contributed by atoms with van der Waals surface area (Å²) in [5, 5.41) is 12.6. The molecule has 0 aromatic carbocycles. The van der Waals surface area contributed by atoms with Crippen LogP contribution in [0, 0.1) is 5.41 Å². The van der Waals surface area contributed by atoms with Gasteiger partial charge in [-0.2, -0.15) is 0 Å². The second-order valence-electron chi connectivity index (χ2n) is 8.10. The standard InChI is InChI=1S/C21H30N2O8/c1-21(19(27)28)12-5-4-7-15(11-13-21)30-20(29)22-14-6-2-3-8-18(26)31-23-16(24)9-10-17(23)25/h4,7,15H,2-3,5-6,8-14H2,1H3,(H,22,29)(H,27,28)/b7-4+. The van der Waals surface area contributed by atoms with Crippen LogP contribution in [0.5, 0.6) is 0 Å². The number of allylic oxidation sites excluding steroid dienone is 1. The number of carboxylic acids is 1. The molecule has 0 aromatic rings. The maximum absolute atomic E-state index is 12.0. The van der Waals surface area contributed by atoms with E-state index in [9.17, 15) is 29.1 Å². The third kappa shape index (κ3) is 7.69. The number of nitrogens with zero attached hydrogens (tertiary/aromatic N) is 1. The molecular weight excluding hydrogens is 408 g/mol. The topological polar surface area (TPSA) is 139 Å². The molecule has 1 saturated heterocycles. The molecule has 0 aromatic heterocycles. The van der Waals surface area contributed by atoms with Crippen molar-refractivity contribution in [2.75, 3.05) is 6.54 Å². The number of hydroxylamine groups is 2. The number of amides is 3. The smallest absolute Gasteiger partial charge is 0.407 e. The van der Waals surface area contributed by atoms with Crippen LogP contribution in [0.25, 0.3) is 0 Å². The summed E-state index contributed by atoms with van der Waals surface area (Å²) in [5.74, 6) is -2.49. The van der Waals surface area contributed by atoms with Crippen LogP contribution in [0.3, 0.4) is 0 Å². The molecule has 10 heteroatoms. The van der Waals surface area contributed by atoms with Crippen molar-refractivity contribution in [3.05, 3.63) is 12.2 Å². The van der Waals surface area contributed by atoms with Gasteiger partial charge in [-0.05, 0) is 51.5 Å². The summed E-state index contributed by atoms with van der Waals surface area (Å²) in [7, 11) is 0. The Morgan fingerprint density at radius 2 is 1.87 bits per heavy atom. The molecule has 31 heavy (non-hydrogen) atoms. The van der Waals surface area contributed by atoms with Gasteiger partial charge in [0.25, 0.3) is 11.8 Å². The zero-order valence-electron chi connectivity index (χ0n) is 17.8. The van der Waals surface area contributed by atoms with E-state index < -0.39 is 41.4 Å². The Hall–Kier alpha value is -2.91. The Labute approximate surface area is 180 Å². The highest BCUT2D eigenvalue weighted by Crippen LogP contribution is 2.32. The second-order valence-corrected chi connectivity index (χ2v) is 8.10. The van der Waals surface area contributed by atoms with Gasteiger partial charge in [-0.15, -0.1) is 5.06 Å². The molecule has 2 rings (SSSR count). The van der Waals surface area contributed by atoms with Gasteiger partial charge in [-0.25, -0.2) is 9.59 Å². The van der Waals surface area contributed by atoms with Gasteiger partial charge in [0, 0.05) is 25.8 Å².